The van der Waals surface area contributed by atoms with Crippen LogP contribution in [0.4, 0.5) is 5.69 Å². The fraction of sp³-hybridized carbons (Fsp3) is 0.588. The summed E-state index contributed by atoms with van der Waals surface area (Å²) in [6, 6.07) is 6.45. The van der Waals surface area contributed by atoms with E-state index in [0.29, 0.717) is 13.0 Å². The Hall–Kier alpha value is -1.20. The van der Waals surface area contributed by atoms with Gasteiger partial charge in [0, 0.05) is 30.7 Å². The van der Waals surface area contributed by atoms with Crippen molar-refractivity contribution in [3.63, 3.8) is 0 Å². The van der Waals surface area contributed by atoms with Crippen LogP contribution in [0.3, 0.4) is 0 Å². The molecular formula is C17H25NO3S. The van der Waals surface area contributed by atoms with Gasteiger partial charge < -0.3 is 4.55 Å². The highest BCUT2D eigenvalue weighted by Crippen LogP contribution is 2.44. The van der Waals surface area contributed by atoms with Gasteiger partial charge in [0.2, 0.25) is 5.69 Å². The molecule has 0 amide bonds. The molecule has 1 heterocycles. The van der Waals surface area contributed by atoms with Gasteiger partial charge in [0.1, 0.15) is 6.54 Å². The molecule has 2 rings (SSSR count). The van der Waals surface area contributed by atoms with Crippen LogP contribution >= 0.6 is 0 Å². The molecule has 1 aromatic rings. The molecule has 0 aliphatic carbocycles. The zero-order chi connectivity index (χ0) is 16.5. The first-order chi connectivity index (χ1) is 10.2. The fourth-order valence-corrected chi connectivity index (χ4v) is 4.22. The van der Waals surface area contributed by atoms with E-state index < -0.39 is 10.1 Å². The summed E-state index contributed by atoms with van der Waals surface area (Å²) in [7, 11) is -4.14. The Labute approximate surface area is 133 Å². The quantitative estimate of drug-likeness (QED) is 0.597. The molecule has 1 aliphatic heterocycles. The van der Waals surface area contributed by atoms with Crippen molar-refractivity contribution in [1.82, 2.24) is 0 Å². The number of fused-ring (bicyclic) bond motifs is 1. The van der Waals surface area contributed by atoms with Crippen LogP contribution in [0.1, 0.15) is 51.2 Å². The van der Waals surface area contributed by atoms with E-state index in [2.05, 4.69) is 50.5 Å². The Morgan fingerprint density at radius 1 is 1.18 bits per heavy atom. The van der Waals surface area contributed by atoms with Gasteiger partial charge in [0.15, 0.2) is 5.71 Å². The Kier molecular flexibility index (Phi) is 4.78. The minimum atomic E-state index is -4.14. The molecular weight excluding hydrogens is 298 g/mol. The Morgan fingerprint density at radius 2 is 1.82 bits per heavy atom. The lowest BCUT2D eigenvalue weighted by atomic mass is 9.73. The normalized spacial score (nSPS) is 17.0. The first-order valence-corrected chi connectivity index (χ1v) is 9.49. The molecule has 4 nitrogen and oxygen atoms in total. The number of nitrogens with zero attached hydrogens (tertiary/aromatic N) is 1. The van der Waals surface area contributed by atoms with Crippen LogP contribution in [-0.4, -0.2) is 35.6 Å². The van der Waals surface area contributed by atoms with Crippen LogP contribution in [0.5, 0.6) is 0 Å². The molecule has 0 atom stereocenters. The third-order valence-corrected chi connectivity index (χ3v) is 5.83. The topological polar surface area (TPSA) is 60.2 Å². The summed E-state index contributed by atoms with van der Waals surface area (Å²) in [4.78, 5) is 0. The molecule has 0 saturated heterocycles. The highest BCUT2D eigenvalue weighted by atomic mass is 32.2. The predicted octanol–water partition coefficient (Wildman–Crippen LogP) is 3.11. The first kappa shape index (κ1) is 17.2. The minimum Gasteiger partial charge on any atom is -0.748 e. The van der Waals surface area contributed by atoms with Crippen molar-refractivity contribution in [1.29, 1.82) is 0 Å². The van der Waals surface area contributed by atoms with Gasteiger partial charge in [-0.25, -0.2) is 8.42 Å². The van der Waals surface area contributed by atoms with Gasteiger partial charge >= 0.3 is 0 Å². The van der Waals surface area contributed by atoms with E-state index in [4.69, 9.17) is 0 Å². The number of hydrogen-bond acceptors (Lipinski definition) is 3. The third kappa shape index (κ3) is 2.97. The molecule has 0 spiro atoms. The van der Waals surface area contributed by atoms with Crippen LogP contribution in [-0.2, 0) is 15.5 Å². The Bertz CT molecular complexity index is 701. The Balaban J connectivity index is 2.42. The lowest BCUT2D eigenvalue weighted by Gasteiger charge is -2.24. The summed E-state index contributed by atoms with van der Waals surface area (Å²) < 4.78 is 34.7. The SMILES string of the molecule is CCC1(CC)C(C)=[N+](CCCS(=O)(=O)[O-])c2ccc(C)cc21. The van der Waals surface area contributed by atoms with Crippen LogP contribution in [0.2, 0.25) is 0 Å². The van der Waals surface area contributed by atoms with Gasteiger partial charge in [0.25, 0.3) is 0 Å². The largest absolute Gasteiger partial charge is 0.748 e. The second-order valence-corrected chi connectivity index (χ2v) is 7.69. The molecule has 22 heavy (non-hydrogen) atoms. The maximum Gasteiger partial charge on any atom is 0.209 e. The monoisotopic (exact) mass is 323 g/mol. The molecule has 122 valence electrons. The summed E-state index contributed by atoms with van der Waals surface area (Å²) >= 11 is 0. The van der Waals surface area contributed by atoms with Gasteiger partial charge in [0.05, 0.1) is 15.5 Å². The van der Waals surface area contributed by atoms with Crippen molar-refractivity contribution in [2.45, 2.75) is 52.4 Å². The maximum absolute atomic E-state index is 10.8. The minimum absolute atomic E-state index is 0.0255. The fourth-order valence-electron chi connectivity index (χ4n) is 3.73. The average molecular weight is 323 g/mol. The molecule has 0 N–H and O–H groups in total. The van der Waals surface area contributed by atoms with Gasteiger partial charge in [-0.15, -0.1) is 0 Å². The Morgan fingerprint density at radius 3 is 2.36 bits per heavy atom. The van der Waals surface area contributed by atoms with Gasteiger partial charge in [-0.2, -0.15) is 4.58 Å². The molecule has 5 heteroatoms. The van der Waals surface area contributed by atoms with E-state index in [1.54, 1.807) is 0 Å². The predicted molar refractivity (Wildman–Crippen MR) is 88.1 cm³/mol. The molecule has 0 bridgehead atoms. The lowest BCUT2D eigenvalue weighted by molar-refractivity contribution is -0.438. The van der Waals surface area contributed by atoms with Crippen LogP contribution in [0.15, 0.2) is 18.2 Å². The van der Waals surface area contributed by atoms with Crippen molar-refractivity contribution in [2.24, 2.45) is 0 Å². The van der Waals surface area contributed by atoms with E-state index in [1.165, 1.54) is 16.8 Å². The number of rotatable bonds is 6. The zero-order valence-electron chi connectivity index (χ0n) is 13.8. The van der Waals surface area contributed by atoms with Crippen molar-refractivity contribution >= 4 is 21.5 Å². The molecule has 0 unspecified atom stereocenters. The smallest absolute Gasteiger partial charge is 0.209 e. The molecule has 0 fully saturated rings. The van der Waals surface area contributed by atoms with Crippen molar-refractivity contribution in [3.8, 4) is 0 Å². The number of hydrogen-bond donors (Lipinski definition) is 0. The summed E-state index contributed by atoms with van der Waals surface area (Å²) in [6.45, 7) is 9.20. The number of benzene rings is 1. The molecule has 1 aromatic carbocycles. The van der Waals surface area contributed by atoms with Crippen LogP contribution in [0, 0.1) is 6.92 Å². The zero-order valence-corrected chi connectivity index (χ0v) is 14.7. The van der Waals surface area contributed by atoms with E-state index in [0.717, 1.165) is 18.5 Å². The molecule has 0 radical (unpaired) electrons. The summed E-state index contributed by atoms with van der Waals surface area (Å²) in [6.07, 6.45) is 2.39. The number of aryl methyl sites for hydroxylation is 1. The van der Waals surface area contributed by atoms with Gasteiger partial charge in [-0.05, 0) is 25.8 Å². The van der Waals surface area contributed by atoms with E-state index in [1.807, 2.05) is 0 Å². The second kappa shape index (κ2) is 6.13. The van der Waals surface area contributed by atoms with Gasteiger partial charge in [-0.3, -0.25) is 0 Å². The maximum atomic E-state index is 10.8. The molecule has 1 aliphatic rings. The van der Waals surface area contributed by atoms with E-state index in [9.17, 15) is 13.0 Å². The van der Waals surface area contributed by atoms with Gasteiger partial charge in [-0.1, -0.05) is 25.5 Å². The second-order valence-electron chi connectivity index (χ2n) is 6.16. The van der Waals surface area contributed by atoms with E-state index in [-0.39, 0.29) is 11.2 Å². The van der Waals surface area contributed by atoms with Crippen molar-refractivity contribution < 1.29 is 17.5 Å². The lowest BCUT2D eigenvalue weighted by Crippen LogP contribution is -2.32. The summed E-state index contributed by atoms with van der Waals surface area (Å²) in [5.41, 5.74) is 5.02. The first-order valence-electron chi connectivity index (χ1n) is 7.91. The highest BCUT2D eigenvalue weighted by molar-refractivity contribution is 7.85. The van der Waals surface area contributed by atoms with Crippen molar-refractivity contribution in [2.75, 3.05) is 12.3 Å². The van der Waals surface area contributed by atoms with E-state index >= 15 is 0 Å². The summed E-state index contributed by atoms with van der Waals surface area (Å²) in [5, 5.41) is 0. The van der Waals surface area contributed by atoms with Crippen LogP contribution < -0.4 is 0 Å². The van der Waals surface area contributed by atoms with Crippen LogP contribution in [0.25, 0.3) is 0 Å². The van der Waals surface area contributed by atoms with Crippen molar-refractivity contribution in [3.05, 3.63) is 29.3 Å². The highest BCUT2D eigenvalue weighted by Gasteiger charge is 2.47. The standard InChI is InChI=1S/C17H25NO3S/c1-5-17(6-2)14(4)18(10-7-11-22(19,20)21)16-9-8-13(3)12-15(16)17/h8-9,12H,5-7,10-11H2,1-4H3. The molecule has 0 saturated carbocycles. The average Bonchev–Trinajstić information content (AvgIpc) is 2.67. The third-order valence-electron chi connectivity index (χ3n) is 5.04. The molecule has 0 aromatic heterocycles. The summed E-state index contributed by atoms with van der Waals surface area (Å²) in [5.74, 6) is -0.302.